The molecular formula is C22H22ClN2O2+. The lowest BCUT2D eigenvalue weighted by Gasteiger charge is -2.25. The van der Waals surface area contributed by atoms with Crippen LogP contribution in [0.4, 0.5) is 0 Å². The Hall–Kier alpha value is -2.43. The lowest BCUT2D eigenvalue weighted by atomic mass is 9.99. The number of halogens is 1. The predicted molar refractivity (Wildman–Crippen MR) is 108 cm³/mol. The van der Waals surface area contributed by atoms with E-state index in [1.54, 1.807) is 6.92 Å². The average Bonchev–Trinajstić information content (AvgIpc) is 3.11. The van der Waals surface area contributed by atoms with E-state index in [4.69, 9.17) is 11.6 Å². The van der Waals surface area contributed by atoms with Gasteiger partial charge in [0.25, 0.3) is 5.91 Å². The van der Waals surface area contributed by atoms with Crippen molar-refractivity contribution in [3.8, 4) is 11.3 Å². The largest absolute Gasteiger partial charge is 0.310 e. The molecule has 0 bridgehead atoms. The van der Waals surface area contributed by atoms with Crippen LogP contribution in [-0.4, -0.2) is 41.5 Å². The fourth-order valence-corrected chi connectivity index (χ4v) is 4.02. The number of aromatic nitrogens is 1. The smallest absolute Gasteiger partial charge is 0.275 e. The van der Waals surface area contributed by atoms with Gasteiger partial charge in [-0.1, -0.05) is 35.9 Å². The van der Waals surface area contributed by atoms with Gasteiger partial charge in [0.05, 0.1) is 38.8 Å². The molecule has 1 amide bonds. The van der Waals surface area contributed by atoms with Gasteiger partial charge in [0.2, 0.25) is 0 Å². The summed E-state index contributed by atoms with van der Waals surface area (Å²) in [6.07, 6.45) is 0.702. The highest BCUT2D eigenvalue weighted by Crippen LogP contribution is 2.43. The lowest BCUT2D eigenvalue weighted by Crippen LogP contribution is -2.45. The number of aryl methyl sites for hydroxylation is 1. The summed E-state index contributed by atoms with van der Waals surface area (Å²) in [5, 5.41) is 1.69. The van der Waals surface area contributed by atoms with E-state index in [1.807, 2.05) is 62.0 Å². The van der Waals surface area contributed by atoms with E-state index in [9.17, 15) is 9.59 Å². The van der Waals surface area contributed by atoms with E-state index >= 15 is 0 Å². The van der Waals surface area contributed by atoms with E-state index in [-0.39, 0.29) is 11.8 Å². The van der Waals surface area contributed by atoms with Crippen molar-refractivity contribution in [1.82, 2.24) is 4.57 Å². The summed E-state index contributed by atoms with van der Waals surface area (Å²) in [4.78, 5) is 25.1. The number of quaternary nitrogens is 1. The Morgan fingerprint density at radius 2 is 1.78 bits per heavy atom. The summed E-state index contributed by atoms with van der Waals surface area (Å²) in [5.74, 6) is 0.105. The number of carbonyl (C=O) groups is 2. The van der Waals surface area contributed by atoms with Crippen LogP contribution in [0.2, 0.25) is 5.02 Å². The summed E-state index contributed by atoms with van der Waals surface area (Å²) in [7, 11) is 3.84. The molecule has 0 unspecified atom stereocenters. The molecule has 0 aliphatic carbocycles. The second-order valence-corrected chi connectivity index (χ2v) is 8.17. The van der Waals surface area contributed by atoms with E-state index in [0.29, 0.717) is 22.5 Å². The Kier molecular flexibility index (Phi) is 4.02. The number of rotatable bonds is 3. The summed E-state index contributed by atoms with van der Waals surface area (Å²) in [6.45, 7) is 4.23. The van der Waals surface area contributed by atoms with Crippen molar-refractivity contribution in [2.24, 2.45) is 0 Å². The predicted octanol–water partition coefficient (Wildman–Crippen LogP) is 4.44. The molecule has 1 aliphatic heterocycles. The van der Waals surface area contributed by atoms with Crippen LogP contribution in [0, 0.1) is 6.92 Å². The van der Waals surface area contributed by atoms with Crippen molar-refractivity contribution < 1.29 is 14.1 Å². The molecule has 4 rings (SSSR count). The standard InChI is InChI=1S/C22H22ClN2O2/c1-13-19(23)10-9-16-17(11-12-25(3,4)14(2)26)21-15-7-5-6-8-18(15)22(27)24(21)20(13)16/h5-10H,11-12H2,1-4H3/q+1. The normalized spacial score (nSPS) is 13.1. The van der Waals surface area contributed by atoms with Crippen molar-refractivity contribution in [2.45, 2.75) is 20.3 Å². The van der Waals surface area contributed by atoms with E-state index in [0.717, 1.165) is 38.9 Å². The van der Waals surface area contributed by atoms with Gasteiger partial charge in [0.1, 0.15) is 0 Å². The van der Waals surface area contributed by atoms with Crippen LogP contribution in [0.25, 0.3) is 22.2 Å². The molecule has 1 aliphatic rings. The Balaban J connectivity index is 1.99. The minimum Gasteiger partial charge on any atom is -0.275 e. The topological polar surface area (TPSA) is 39.1 Å². The molecule has 138 valence electrons. The lowest BCUT2D eigenvalue weighted by molar-refractivity contribution is -0.812. The van der Waals surface area contributed by atoms with Crippen molar-refractivity contribution >= 4 is 34.3 Å². The number of nitrogens with zero attached hydrogens (tertiary/aromatic N) is 2. The van der Waals surface area contributed by atoms with Gasteiger partial charge in [-0.25, -0.2) is 4.79 Å². The summed E-state index contributed by atoms with van der Waals surface area (Å²) in [5.41, 5.74) is 5.51. The Morgan fingerprint density at radius 3 is 2.44 bits per heavy atom. The van der Waals surface area contributed by atoms with Gasteiger partial charge in [-0.05, 0) is 30.2 Å². The molecule has 2 aromatic carbocycles. The number of fused-ring (bicyclic) bond motifs is 5. The molecule has 0 atom stereocenters. The molecule has 3 aromatic rings. The van der Waals surface area contributed by atoms with Crippen molar-refractivity contribution in [3.05, 3.63) is 58.1 Å². The third-order valence-electron chi connectivity index (χ3n) is 5.81. The zero-order valence-corrected chi connectivity index (χ0v) is 16.7. The zero-order chi connectivity index (χ0) is 19.5. The Labute approximate surface area is 163 Å². The first-order valence-electron chi connectivity index (χ1n) is 9.04. The van der Waals surface area contributed by atoms with Gasteiger partial charge in [-0.15, -0.1) is 0 Å². The number of carbonyl (C=O) groups excluding carboxylic acids is 2. The molecule has 0 fully saturated rings. The minimum absolute atomic E-state index is 0.0115. The van der Waals surface area contributed by atoms with E-state index in [2.05, 4.69) is 0 Å². The van der Waals surface area contributed by atoms with Crippen LogP contribution in [0.3, 0.4) is 0 Å². The summed E-state index contributed by atoms with van der Waals surface area (Å²) < 4.78 is 2.11. The highest BCUT2D eigenvalue weighted by Gasteiger charge is 2.34. The highest BCUT2D eigenvalue weighted by atomic mass is 35.5. The van der Waals surface area contributed by atoms with Crippen molar-refractivity contribution in [1.29, 1.82) is 0 Å². The molecule has 0 saturated heterocycles. The van der Waals surface area contributed by atoms with Crippen LogP contribution in [-0.2, 0) is 11.2 Å². The first kappa shape index (κ1) is 18.0. The van der Waals surface area contributed by atoms with Crippen LogP contribution in [0.15, 0.2) is 36.4 Å². The van der Waals surface area contributed by atoms with Gasteiger partial charge in [0.15, 0.2) is 0 Å². The number of likely N-dealkylation sites (N-methyl/N-ethyl adjacent to an activating group) is 1. The highest BCUT2D eigenvalue weighted by molar-refractivity contribution is 6.32. The zero-order valence-electron chi connectivity index (χ0n) is 16.0. The molecular weight excluding hydrogens is 360 g/mol. The van der Waals surface area contributed by atoms with Crippen molar-refractivity contribution in [3.63, 3.8) is 0 Å². The first-order valence-corrected chi connectivity index (χ1v) is 9.42. The molecule has 1 aromatic heterocycles. The molecule has 5 heteroatoms. The number of hydrogen-bond acceptors (Lipinski definition) is 2. The van der Waals surface area contributed by atoms with Crippen LogP contribution in [0.1, 0.15) is 28.4 Å². The third-order valence-corrected chi connectivity index (χ3v) is 6.22. The van der Waals surface area contributed by atoms with Crippen LogP contribution in [0.5, 0.6) is 0 Å². The maximum Gasteiger partial charge on any atom is 0.310 e. The second-order valence-electron chi connectivity index (χ2n) is 7.76. The Morgan fingerprint density at radius 1 is 1.11 bits per heavy atom. The monoisotopic (exact) mass is 381 g/mol. The maximum absolute atomic E-state index is 13.2. The van der Waals surface area contributed by atoms with Gasteiger partial charge in [-0.2, -0.15) is 0 Å². The maximum atomic E-state index is 13.2. The quantitative estimate of drug-likeness (QED) is 0.492. The molecule has 0 spiro atoms. The molecule has 0 saturated carbocycles. The fraction of sp³-hybridized carbons (Fsp3) is 0.273. The van der Waals surface area contributed by atoms with Gasteiger partial charge in [0, 0.05) is 28.0 Å². The van der Waals surface area contributed by atoms with Gasteiger partial charge >= 0.3 is 5.91 Å². The van der Waals surface area contributed by atoms with Crippen molar-refractivity contribution in [2.75, 3.05) is 20.6 Å². The number of hydrogen-bond donors (Lipinski definition) is 0. The SMILES string of the molecule is CC(=O)[N+](C)(C)CCc1c2n(c3c(C)c(Cl)ccc13)C(=O)c1ccccc1-2. The fourth-order valence-electron chi connectivity index (χ4n) is 3.87. The first-order chi connectivity index (χ1) is 12.7. The van der Waals surface area contributed by atoms with Gasteiger partial charge < -0.3 is 0 Å². The number of amides is 1. The molecule has 27 heavy (non-hydrogen) atoms. The average molecular weight is 382 g/mol. The molecule has 2 heterocycles. The second kappa shape index (κ2) is 6.04. The van der Waals surface area contributed by atoms with Crippen LogP contribution < -0.4 is 0 Å². The molecule has 4 nitrogen and oxygen atoms in total. The molecule has 0 N–H and O–H groups in total. The molecule has 0 radical (unpaired) electrons. The van der Waals surface area contributed by atoms with E-state index < -0.39 is 0 Å². The summed E-state index contributed by atoms with van der Waals surface area (Å²) >= 11 is 6.38. The third kappa shape index (κ3) is 2.55. The van der Waals surface area contributed by atoms with Gasteiger partial charge in [-0.3, -0.25) is 13.8 Å². The summed E-state index contributed by atoms with van der Waals surface area (Å²) in [6, 6.07) is 11.6. The Bertz CT molecular complexity index is 1130. The minimum atomic E-state index is -0.0115. The number of benzene rings is 2. The van der Waals surface area contributed by atoms with E-state index in [1.165, 1.54) is 0 Å². The van der Waals surface area contributed by atoms with Crippen LogP contribution >= 0.6 is 11.6 Å².